The van der Waals surface area contributed by atoms with Crippen molar-refractivity contribution in [3.05, 3.63) is 77.9 Å². The topological polar surface area (TPSA) is 27.7 Å². The molecule has 0 saturated heterocycles. The maximum Gasteiger partial charge on any atom is 0.573 e. The number of hydrogen-bond donors (Lipinski definition) is 0. The predicted molar refractivity (Wildman–Crippen MR) is 94.0 cm³/mol. The molecule has 0 bridgehead atoms. The Morgan fingerprint density at radius 1 is 0.852 bits per heavy atom. The van der Waals surface area contributed by atoms with Crippen LogP contribution in [0, 0.1) is 0 Å². The monoisotopic (exact) mass is 372 g/mol. The summed E-state index contributed by atoms with van der Waals surface area (Å²) in [7, 11) is 1.58. The van der Waals surface area contributed by atoms with Gasteiger partial charge in [-0.2, -0.15) is 0 Å². The first-order valence-corrected chi connectivity index (χ1v) is 8.24. The first kappa shape index (κ1) is 17.3. The van der Waals surface area contributed by atoms with Gasteiger partial charge in [-0.3, -0.25) is 0 Å². The summed E-state index contributed by atoms with van der Waals surface area (Å²) < 4.78 is 52.9. The molecule has 0 unspecified atom stereocenters. The van der Waals surface area contributed by atoms with Gasteiger partial charge in [-0.05, 0) is 35.4 Å². The van der Waals surface area contributed by atoms with Gasteiger partial charge in [0.2, 0.25) is 0 Å². The summed E-state index contributed by atoms with van der Waals surface area (Å²) >= 11 is 0. The summed E-state index contributed by atoms with van der Waals surface area (Å²) in [4.78, 5) is 0. The molecule has 3 aromatic rings. The molecule has 1 heterocycles. The van der Waals surface area contributed by atoms with E-state index in [2.05, 4.69) is 4.74 Å². The molecule has 3 nitrogen and oxygen atoms in total. The second-order valence-corrected chi connectivity index (χ2v) is 6.06. The molecule has 0 spiro atoms. The summed E-state index contributed by atoms with van der Waals surface area (Å²) in [5.74, 6) is 0.745. The van der Waals surface area contributed by atoms with Crippen molar-refractivity contribution in [1.82, 2.24) is 0 Å². The lowest BCUT2D eigenvalue weighted by molar-refractivity contribution is -0.274. The molecule has 4 rings (SSSR count). The fourth-order valence-electron chi connectivity index (χ4n) is 3.21. The van der Waals surface area contributed by atoms with Crippen LogP contribution in [0.5, 0.6) is 17.2 Å². The van der Waals surface area contributed by atoms with E-state index < -0.39 is 12.5 Å². The van der Waals surface area contributed by atoms with Crippen molar-refractivity contribution in [2.75, 3.05) is 7.11 Å². The molecule has 0 N–H and O–H groups in total. The Labute approximate surface area is 153 Å². The largest absolute Gasteiger partial charge is 0.573 e. The number of halogens is 3. The second kappa shape index (κ2) is 6.54. The van der Waals surface area contributed by atoms with Crippen molar-refractivity contribution in [3.63, 3.8) is 0 Å². The van der Waals surface area contributed by atoms with Crippen LogP contribution in [-0.4, -0.2) is 13.5 Å². The molecule has 6 heteroatoms. The Morgan fingerprint density at radius 3 is 2.26 bits per heavy atom. The minimum absolute atomic E-state index is 0.311. The van der Waals surface area contributed by atoms with Crippen LogP contribution in [0.4, 0.5) is 13.2 Å². The lowest BCUT2D eigenvalue weighted by Gasteiger charge is -2.29. The minimum atomic E-state index is -4.75. The number of benzene rings is 3. The van der Waals surface area contributed by atoms with Gasteiger partial charge in [0, 0.05) is 17.2 Å². The Kier molecular flexibility index (Phi) is 4.18. The van der Waals surface area contributed by atoms with Gasteiger partial charge in [-0.25, -0.2) is 0 Å². The van der Waals surface area contributed by atoms with E-state index in [4.69, 9.17) is 9.47 Å². The lowest BCUT2D eigenvalue weighted by Crippen LogP contribution is -2.18. The van der Waals surface area contributed by atoms with E-state index in [0.717, 1.165) is 22.3 Å². The van der Waals surface area contributed by atoms with Gasteiger partial charge in [0.25, 0.3) is 0 Å². The average Bonchev–Trinajstić information content (AvgIpc) is 2.66. The fraction of sp³-hybridized carbons (Fsp3) is 0.143. The molecule has 0 radical (unpaired) electrons. The summed E-state index contributed by atoms with van der Waals surface area (Å²) in [5, 5.41) is 0. The summed E-state index contributed by atoms with van der Waals surface area (Å²) in [5.41, 5.74) is 3.46. The Balaban J connectivity index is 1.78. The molecule has 27 heavy (non-hydrogen) atoms. The zero-order valence-corrected chi connectivity index (χ0v) is 14.3. The molecule has 0 aliphatic carbocycles. The maximum atomic E-state index is 12.6. The predicted octanol–water partition coefficient (Wildman–Crippen LogP) is 5.74. The third-order valence-electron chi connectivity index (χ3n) is 4.38. The van der Waals surface area contributed by atoms with Crippen molar-refractivity contribution < 1.29 is 27.4 Å². The van der Waals surface area contributed by atoms with Crippen molar-refractivity contribution in [3.8, 4) is 28.4 Å². The normalized spacial score (nSPS) is 15.3. The van der Waals surface area contributed by atoms with E-state index in [9.17, 15) is 13.2 Å². The van der Waals surface area contributed by atoms with Crippen LogP contribution in [0.3, 0.4) is 0 Å². The standard InChI is InChI=1S/C21H15F3O3/c1-25-14-8-6-13(7-9-14)20-18-5-3-2-4-16(18)17-11-10-15(12-19(17)26-20)27-21(22,23)24/h2-12,20H,1H3/t20-/m1/s1. The van der Waals surface area contributed by atoms with E-state index in [-0.39, 0.29) is 5.75 Å². The van der Waals surface area contributed by atoms with E-state index in [1.165, 1.54) is 12.1 Å². The first-order chi connectivity index (χ1) is 12.9. The average molecular weight is 372 g/mol. The Bertz CT molecular complexity index is 965. The van der Waals surface area contributed by atoms with Crippen LogP contribution in [0.2, 0.25) is 0 Å². The smallest absolute Gasteiger partial charge is 0.497 e. The van der Waals surface area contributed by atoms with Crippen LogP contribution >= 0.6 is 0 Å². The van der Waals surface area contributed by atoms with E-state index in [0.29, 0.717) is 11.5 Å². The highest BCUT2D eigenvalue weighted by Crippen LogP contribution is 2.46. The van der Waals surface area contributed by atoms with Gasteiger partial charge in [-0.15, -0.1) is 13.2 Å². The zero-order chi connectivity index (χ0) is 19.0. The SMILES string of the molecule is COc1ccc([C@H]2Oc3cc(OC(F)(F)F)ccc3-c3ccccc32)cc1. The number of alkyl halides is 3. The molecule has 3 aromatic carbocycles. The Morgan fingerprint density at radius 2 is 1.56 bits per heavy atom. The number of methoxy groups -OCH3 is 1. The van der Waals surface area contributed by atoms with E-state index in [1.807, 2.05) is 48.5 Å². The van der Waals surface area contributed by atoms with Crippen LogP contribution in [-0.2, 0) is 0 Å². The van der Waals surface area contributed by atoms with E-state index >= 15 is 0 Å². The highest BCUT2D eigenvalue weighted by molar-refractivity contribution is 5.77. The van der Waals surface area contributed by atoms with E-state index in [1.54, 1.807) is 13.2 Å². The van der Waals surface area contributed by atoms with Gasteiger partial charge in [-0.1, -0.05) is 36.4 Å². The van der Waals surface area contributed by atoms with Crippen molar-refractivity contribution in [1.29, 1.82) is 0 Å². The third-order valence-corrected chi connectivity index (χ3v) is 4.38. The lowest BCUT2D eigenvalue weighted by atomic mass is 9.89. The first-order valence-electron chi connectivity index (χ1n) is 8.24. The van der Waals surface area contributed by atoms with Crippen molar-refractivity contribution in [2.24, 2.45) is 0 Å². The van der Waals surface area contributed by atoms with Gasteiger partial charge >= 0.3 is 6.36 Å². The summed E-state index contributed by atoms with van der Waals surface area (Å²) in [6.45, 7) is 0. The number of fused-ring (bicyclic) bond motifs is 3. The molecule has 0 fully saturated rings. The molecule has 0 saturated carbocycles. The molecule has 1 atom stereocenters. The van der Waals surface area contributed by atoms with Crippen molar-refractivity contribution in [2.45, 2.75) is 12.5 Å². The third kappa shape index (κ3) is 3.43. The van der Waals surface area contributed by atoms with Crippen LogP contribution in [0.25, 0.3) is 11.1 Å². The van der Waals surface area contributed by atoms with Crippen molar-refractivity contribution >= 4 is 0 Å². The quantitative estimate of drug-likeness (QED) is 0.587. The minimum Gasteiger partial charge on any atom is -0.497 e. The van der Waals surface area contributed by atoms with Gasteiger partial charge in [0.1, 0.15) is 23.4 Å². The van der Waals surface area contributed by atoms with Gasteiger partial charge in [0.05, 0.1) is 7.11 Å². The summed E-state index contributed by atoms with van der Waals surface area (Å²) in [6.07, 6.45) is -5.20. The van der Waals surface area contributed by atoms with Crippen LogP contribution in [0.15, 0.2) is 66.7 Å². The zero-order valence-electron chi connectivity index (χ0n) is 14.3. The molecular formula is C21H15F3O3. The molecule has 1 aliphatic heterocycles. The maximum absolute atomic E-state index is 12.6. The summed E-state index contributed by atoms with van der Waals surface area (Å²) in [6, 6.07) is 19.2. The second-order valence-electron chi connectivity index (χ2n) is 6.06. The Hall–Kier alpha value is -3.15. The molecule has 0 aromatic heterocycles. The molecule has 138 valence electrons. The van der Waals surface area contributed by atoms with Crippen LogP contribution < -0.4 is 14.2 Å². The number of hydrogen-bond acceptors (Lipinski definition) is 3. The van der Waals surface area contributed by atoms with Gasteiger partial charge < -0.3 is 14.2 Å². The molecule has 0 amide bonds. The highest BCUT2D eigenvalue weighted by atomic mass is 19.4. The van der Waals surface area contributed by atoms with Crippen LogP contribution in [0.1, 0.15) is 17.2 Å². The van der Waals surface area contributed by atoms with Gasteiger partial charge in [0.15, 0.2) is 0 Å². The number of rotatable bonds is 3. The molecule has 1 aliphatic rings. The number of ether oxygens (including phenoxy) is 3. The molecular weight excluding hydrogens is 357 g/mol. The fourth-order valence-corrected chi connectivity index (χ4v) is 3.21. The highest BCUT2D eigenvalue weighted by Gasteiger charge is 2.33.